The van der Waals surface area contributed by atoms with E-state index in [0.29, 0.717) is 5.92 Å². The lowest BCUT2D eigenvalue weighted by Crippen LogP contribution is -2.49. The normalized spacial score (nSPS) is 17.6. The van der Waals surface area contributed by atoms with E-state index >= 15 is 0 Å². The Bertz CT molecular complexity index is 674. The number of nitrogens with one attached hydrogen (secondary N) is 1. The fraction of sp³-hybridized carbons (Fsp3) is 0.526. The van der Waals surface area contributed by atoms with Gasteiger partial charge in [-0.15, -0.1) is 0 Å². The molecule has 2 aromatic rings. The number of likely N-dealkylation sites (tertiary alicyclic amines) is 1. The predicted octanol–water partition coefficient (Wildman–Crippen LogP) is 2.56. The fourth-order valence-corrected chi connectivity index (χ4v) is 3.55. The van der Waals surface area contributed by atoms with Crippen molar-refractivity contribution in [2.24, 2.45) is 5.92 Å². The molecule has 6 heteroatoms. The number of hydrogen-bond donors (Lipinski definition) is 1. The van der Waals surface area contributed by atoms with E-state index < -0.39 is 0 Å². The molecule has 1 aromatic heterocycles. The predicted molar refractivity (Wildman–Crippen MR) is 97.3 cm³/mol. The van der Waals surface area contributed by atoms with Gasteiger partial charge >= 0.3 is 0 Å². The number of benzene rings is 1. The summed E-state index contributed by atoms with van der Waals surface area (Å²) in [6.07, 6.45) is 5.57. The fourth-order valence-electron chi connectivity index (χ4n) is 3.55. The van der Waals surface area contributed by atoms with Gasteiger partial charge in [-0.25, -0.2) is 9.67 Å². The summed E-state index contributed by atoms with van der Waals surface area (Å²) in [5, 5.41) is 7.32. The molecule has 25 heavy (non-hydrogen) atoms. The van der Waals surface area contributed by atoms with Crippen molar-refractivity contribution in [2.75, 3.05) is 13.1 Å². The molecule has 1 aliphatic rings. The van der Waals surface area contributed by atoms with Crippen LogP contribution in [-0.4, -0.2) is 44.7 Å². The number of carbonyl (C=O) groups excluding carboxylic acids is 1. The standard InChI is InChI=1S/C19H27N5O/c1-14(2)18(23-10-4-5-11-23)19(25)22-15(3)16-6-8-17(9-7-16)24-13-20-12-21-24/h6-9,12-15,18H,4-5,10-11H2,1-3H3,(H,22,25)/t15-,18-/m1/s1. The van der Waals surface area contributed by atoms with Crippen LogP contribution in [0.4, 0.5) is 0 Å². The minimum absolute atomic E-state index is 0.0267. The number of carbonyl (C=O) groups is 1. The first-order valence-corrected chi connectivity index (χ1v) is 9.05. The highest BCUT2D eigenvalue weighted by Crippen LogP contribution is 2.20. The largest absolute Gasteiger partial charge is 0.348 e. The summed E-state index contributed by atoms with van der Waals surface area (Å²) in [5.41, 5.74) is 2.04. The van der Waals surface area contributed by atoms with Gasteiger partial charge in [0, 0.05) is 0 Å². The molecular weight excluding hydrogens is 314 g/mol. The molecular formula is C19H27N5O. The number of rotatable bonds is 6. The van der Waals surface area contributed by atoms with Gasteiger partial charge < -0.3 is 5.32 Å². The molecule has 0 saturated carbocycles. The molecule has 1 aromatic carbocycles. The number of hydrogen-bond acceptors (Lipinski definition) is 4. The molecule has 2 atom stereocenters. The van der Waals surface area contributed by atoms with Crippen molar-refractivity contribution in [1.29, 1.82) is 0 Å². The molecule has 0 aliphatic carbocycles. The minimum Gasteiger partial charge on any atom is -0.348 e. The van der Waals surface area contributed by atoms with Crippen molar-refractivity contribution < 1.29 is 4.79 Å². The maximum atomic E-state index is 12.8. The number of amides is 1. The van der Waals surface area contributed by atoms with E-state index in [0.717, 1.165) is 24.3 Å². The molecule has 2 heterocycles. The maximum Gasteiger partial charge on any atom is 0.238 e. The van der Waals surface area contributed by atoms with Gasteiger partial charge in [0.2, 0.25) is 5.91 Å². The second kappa shape index (κ2) is 7.78. The van der Waals surface area contributed by atoms with Crippen molar-refractivity contribution in [3.8, 4) is 5.69 Å². The molecule has 0 bridgehead atoms. The molecule has 0 radical (unpaired) electrons. The van der Waals surface area contributed by atoms with E-state index in [1.54, 1.807) is 11.0 Å². The lowest BCUT2D eigenvalue weighted by Gasteiger charge is -2.30. The second-order valence-electron chi connectivity index (χ2n) is 7.09. The molecule has 134 valence electrons. The Morgan fingerprint density at radius 1 is 1.12 bits per heavy atom. The quantitative estimate of drug-likeness (QED) is 0.877. The zero-order valence-electron chi connectivity index (χ0n) is 15.2. The third-order valence-electron chi connectivity index (χ3n) is 4.87. The lowest BCUT2D eigenvalue weighted by atomic mass is 10.0. The highest BCUT2D eigenvalue weighted by Gasteiger charge is 2.31. The molecule has 1 N–H and O–H groups in total. The van der Waals surface area contributed by atoms with Crippen LogP contribution < -0.4 is 5.32 Å². The van der Waals surface area contributed by atoms with Crippen molar-refractivity contribution in [3.63, 3.8) is 0 Å². The summed E-state index contributed by atoms with van der Waals surface area (Å²) in [5.74, 6) is 0.435. The summed E-state index contributed by atoms with van der Waals surface area (Å²) in [4.78, 5) is 19.1. The van der Waals surface area contributed by atoms with Crippen molar-refractivity contribution in [1.82, 2.24) is 25.0 Å². The Labute approximate surface area is 149 Å². The molecule has 1 saturated heterocycles. The molecule has 0 unspecified atom stereocenters. The van der Waals surface area contributed by atoms with E-state index in [2.05, 4.69) is 34.1 Å². The maximum absolute atomic E-state index is 12.8. The molecule has 6 nitrogen and oxygen atoms in total. The van der Waals surface area contributed by atoms with Crippen LogP contribution in [0.2, 0.25) is 0 Å². The topological polar surface area (TPSA) is 63.1 Å². The lowest BCUT2D eigenvalue weighted by molar-refractivity contribution is -0.128. The summed E-state index contributed by atoms with van der Waals surface area (Å²) in [7, 11) is 0. The van der Waals surface area contributed by atoms with Gasteiger partial charge in [0.05, 0.1) is 17.8 Å². The number of aromatic nitrogens is 3. The van der Waals surface area contributed by atoms with Crippen LogP contribution in [0.1, 0.15) is 45.2 Å². The molecule has 3 rings (SSSR count). The van der Waals surface area contributed by atoms with Crippen molar-refractivity contribution in [2.45, 2.75) is 45.7 Å². The Morgan fingerprint density at radius 2 is 1.80 bits per heavy atom. The Hall–Kier alpha value is -2.21. The van der Waals surface area contributed by atoms with Crippen LogP contribution in [0.5, 0.6) is 0 Å². The first-order valence-electron chi connectivity index (χ1n) is 9.05. The Balaban J connectivity index is 1.66. The third-order valence-corrected chi connectivity index (χ3v) is 4.87. The van der Waals surface area contributed by atoms with Gasteiger partial charge in [-0.05, 0) is 56.5 Å². The SMILES string of the molecule is CC(C)[C@H](C(=O)N[C@H](C)c1ccc(-n2cncn2)cc1)N1CCCC1. The zero-order valence-corrected chi connectivity index (χ0v) is 15.2. The minimum atomic E-state index is -0.0422. The van der Waals surface area contributed by atoms with Crippen LogP contribution in [0, 0.1) is 5.92 Å². The third kappa shape index (κ3) is 4.07. The first-order chi connectivity index (χ1) is 12.1. The Kier molecular flexibility index (Phi) is 5.48. The molecule has 0 spiro atoms. The first kappa shape index (κ1) is 17.6. The zero-order chi connectivity index (χ0) is 17.8. The average Bonchev–Trinajstić information content (AvgIpc) is 3.28. The summed E-state index contributed by atoms with van der Waals surface area (Å²) in [6.45, 7) is 8.33. The van der Waals surface area contributed by atoms with E-state index in [9.17, 15) is 4.79 Å². The molecule has 1 amide bonds. The van der Waals surface area contributed by atoms with Gasteiger partial charge in [-0.2, -0.15) is 5.10 Å². The second-order valence-corrected chi connectivity index (χ2v) is 7.09. The monoisotopic (exact) mass is 341 g/mol. The van der Waals surface area contributed by atoms with Crippen molar-refractivity contribution >= 4 is 5.91 Å². The van der Waals surface area contributed by atoms with Gasteiger partial charge in [0.15, 0.2) is 0 Å². The van der Waals surface area contributed by atoms with Crippen LogP contribution in [-0.2, 0) is 4.79 Å². The van der Waals surface area contributed by atoms with Crippen LogP contribution in [0.25, 0.3) is 5.69 Å². The van der Waals surface area contributed by atoms with Crippen LogP contribution in [0.15, 0.2) is 36.9 Å². The summed E-state index contributed by atoms with van der Waals surface area (Å²) in [6, 6.07) is 7.98. The van der Waals surface area contributed by atoms with E-state index in [4.69, 9.17) is 0 Å². The van der Waals surface area contributed by atoms with Gasteiger partial charge in [-0.1, -0.05) is 26.0 Å². The van der Waals surface area contributed by atoms with Crippen LogP contribution in [0.3, 0.4) is 0 Å². The highest BCUT2D eigenvalue weighted by atomic mass is 16.2. The summed E-state index contributed by atoms with van der Waals surface area (Å²) < 4.78 is 1.72. The molecule has 1 aliphatic heterocycles. The summed E-state index contributed by atoms with van der Waals surface area (Å²) >= 11 is 0. The van der Waals surface area contributed by atoms with E-state index in [1.807, 2.05) is 31.2 Å². The van der Waals surface area contributed by atoms with E-state index in [-0.39, 0.29) is 18.0 Å². The Morgan fingerprint density at radius 3 is 2.36 bits per heavy atom. The smallest absolute Gasteiger partial charge is 0.238 e. The molecule has 1 fully saturated rings. The van der Waals surface area contributed by atoms with E-state index in [1.165, 1.54) is 19.2 Å². The van der Waals surface area contributed by atoms with Gasteiger partial charge in [0.1, 0.15) is 12.7 Å². The van der Waals surface area contributed by atoms with Gasteiger partial charge in [0.25, 0.3) is 0 Å². The average molecular weight is 341 g/mol. The highest BCUT2D eigenvalue weighted by molar-refractivity contribution is 5.82. The van der Waals surface area contributed by atoms with Crippen molar-refractivity contribution in [3.05, 3.63) is 42.5 Å². The van der Waals surface area contributed by atoms with Crippen LogP contribution >= 0.6 is 0 Å². The number of nitrogens with zero attached hydrogens (tertiary/aromatic N) is 4. The van der Waals surface area contributed by atoms with Gasteiger partial charge in [-0.3, -0.25) is 9.69 Å².